The molecular weight excluding hydrogens is 502 g/mol. The predicted octanol–water partition coefficient (Wildman–Crippen LogP) is 4.50. The zero-order valence-electron chi connectivity index (χ0n) is 22.4. The van der Waals surface area contributed by atoms with Gasteiger partial charge in [-0.15, -0.1) is 0 Å². The highest BCUT2D eigenvalue weighted by atomic mass is 32.2. The monoisotopic (exact) mass is 537 g/mol. The molecule has 2 aromatic heterocycles. The molecule has 202 valence electrons. The molecule has 1 aliphatic heterocycles. The number of nitrogen functional groups attached to an aromatic ring is 1. The number of carbonyl (C=O) groups is 1. The van der Waals surface area contributed by atoms with Crippen LogP contribution < -0.4 is 20.1 Å². The van der Waals surface area contributed by atoms with Gasteiger partial charge < -0.3 is 15.4 Å². The quantitative estimate of drug-likeness (QED) is 0.402. The van der Waals surface area contributed by atoms with Crippen molar-refractivity contribution in [3.8, 4) is 17.1 Å². The number of rotatable bonds is 8. The largest absolute Gasteiger partial charge is 0.477 e. The first-order valence-electron chi connectivity index (χ1n) is 12.7. The number of pyridine rings is 2. The molecule has 0 bridgehead atoms. The lowest BCUT2D eigenvalue weighted by molar-refractivity contribution is 0.0981. The summed E-state index contributed by atoms with van der Waals surface area (Å²) in [5, 5.41) is 0. The lowest BCUT2D eigenvalue weighted by Crippen LogP contribution is -2.41. The van der Waals surface area contributed by atoms with Gasteiger partial charge in [0.05, 0.1) is 22.8 Å². The van der Waals surface area contributed by atoms with Crippen LogP contribution >= 0.6 is 0 Å². The Hall–Kier alpha value is -3.66. The summed E-state index contributed by atoms with van der Waals surface area (Å²) in [6, 6.07) is 12.8. The molecule has 3 aromatic rings. The number of sulfonamides is 1. The molecule has 9 nitrogen and oxygen atoms in total. The number of nitrogens with one attached hydrogen (secondary N) is 1. The Morgan fingerprint density at radius 3 is 2.58 bits per heavy atom. The van der Waals surface area contributed by atoms with Crippen LogP contribution in [0.5, 0.6) is 5.88 Å². The molecule has 1 amide bonds. The summed E-state index contributed by atoms with van der Waals surface area (Å²) in [7, 11) is -4.14. The van der Waals surface area contributed by atoms with E-state index >= 15 is 0 Å². The number of benzene rings is 1. The molecule has 3 N–H and O–H groups in total. The topological polar surface area (TPSA) is 128 Å². The fourth-order valence-corrected chi connectivity index (χ4v) is 5.76. The summed E-state index contributed by atoms with van der Waals surface area (Å²) in [5.41, 5.74) is 7.31. The van der Waals surface area contributed by atoms with Gasteiger partial charge in [0.1, 0.15) is 5.82 Å². The van der Waals surface area contributed by atoms with Gasteiger partial charge in [-0.05, 0) is 68.5 Å². The molecule has 3 heterocycles. The van der Waals surface area contributed by atoms with Gasteiger partial charge in [-0.2, -0.15) is 0 Å². The van der Waals surface area contributed by atoms with Crippen LogP contribution in [0.4, 0.5) is 11.5 Å². The van der Waals surface area contributed by atoms with E-state index in [0.717, 1.165) is 12.0 Å². The summed E-state index contributed by atoms with van der Waals surface area (Å²) in [6.45, 7) is 11.7. The Labute approximate surface area is 224 Å². The lowest BCUT2D eigenvalue weighted by Gasteiger charge is -2.34. The van der Waals surface area contributed by atoms with Gasteiger partial charge in [-0.25, -0.2) is 23.1 Å². The number of nitrogens with two attached hydrogens (primary N) is 1. The average molecular weight is 538 g/mol. The number of anilines is 2. The highest BCUT2D eigenvalue weighted by Gasteiger charge is 2.39. The number of hydrogen-bond donors (Lipinski definition) is 2. The molecule has 1 aromatic carbocycles. The van der Waals surface area contributed by atoms with Crippen molar-refractivity contribution in [3.05, 3.63) is 60.3 Å². The van der Waals surface area contributed by atoms with Crippen molar-refractivity contribution in [2.75, 3.05) is 23.8 Å². The minimum absolute atomic E-state index is 0.0852. The Morgan fingerprint density at radius 1 is 1.21 bits per heavy atom. The highest BCUT2D eigenvalue weighted by molar-refractivity contribution is 7.90. The average Bonchev–Trinajstić information content (AvgIpc) is 3.14. The molecule has 0 spiro atoms. The molecule has 1 fully saturated rings. The van der Waals surface area contributed by atoms with Gasteiger partial charge in [0.2, 0.25) is 5.88 Å². The summed E-state index contributed by atoms with van der Waals surface area (Å²) < 4.78 is 33.8. The van der Waals surface area contributed by atoms with Crippen LogP contribution in [0.2, 0.25) is 0 Å². The SMILES string of the molecule is CC(C)COc1ccc(-c2ccc(C(=O)NS(=O)(=O)c3cccc(N)c3)c(N3CC(C)CC3(C)C)n2)cn1. The number of carbonyl (C=O) groups excluding carboxylic acids is 1. The molecular formula is C28H35N5O4S. The maximum atomic E-state index is 13.4. The standard InChI is InChI=1S/C28H35N5O4S/c1-18(2)17-37-25-12-9-20(15-30-25)24-11-10-23(26(31-24)33-16-19(3)14-28(33,4)5)27(34)32-38(35,36)22-8-6-7-21(29)13-22/h6-13,15,18-19H,14,16-17,29H2,1-5H3,(H,32,34). The Kier molecular flexibility index (Phi) is 7.64. The maximum Gasteiger partial charge on any atom is 0.268 e. The summed E-state index contributed by atoms with van der Waals surface area (Å²) in [4.78, 5) is 24.6. The number of ether oxygens (including phenoxy) is 1. The van der Waals surface area contributed by atoms with E-state index < -0.39 is 15.9 Å². The lowest BCUT2D eigenvalue weighted by atomic mass is 9.97. The Balaban J connectivity index is 1.70. The van der Waals surface area contributed by atoms with Crippen LogP contribution in [0.15, 0.2) is 59.6 Å². The van der Waals surface area contributed by atoms with Crippen LogP contribution in [0.25, 0.3) is 11.3 Å². The smallest absolute Gasteiger partial charge is 0.268 e. The van der Waals surface area contributed by atoms with Crippen molar-refractivity contribution in [1.29, 1.82) is 0 Å². The molecule has 1 unspecified atom stereocenters. The van der Waals surface area contributed by atoms with E-state index in [-0.39, 0.29) is 21.7 Å². The van der Waals surface area contributed by atoms with Crippen molar-refractivity contribution >= 4 is 27.4 Å². The molecule has 1 aliphatic rings. The third kappa shape index (κ3) is 6.07. The van der Waals surface area contributed by atoms with Crippen LogP contribution in [-0.4, -0.2) is 43.0 Å². The molecule has 38 heavy (non-hydrogen) atoms. The first-order valence-corrected chi connectivity index (χ1v) is 14.1. The number of aromatic nitrogens is 2. The van der Waals surface area contributed by atoms with E-state index in [1.54, 1.807) is 30.5 Å². The second-order valence-corrected chi connectivity index (χ2v) is 12.6. The number of amides is 1. The van der Waals surface area contributed by atoms with E-state index in [2.05, 4.69) is 49.2 Å². The van der Waals surface area contributed by atoms with Crippen LogP contribution in [0.3, 0.4) is 0 Å². The molecule has 0 aliphatic carbocycles. The number of nitrogens with zero attached hydrogens (tertiary/aromatic N) is 3. The van der Waals surface area contributed by atoms with Crippen molar-refractivity contribution in [2.45, 2.75) is 51.5 Å². The molecule has 10 heteroatoms. The fourth-order valence-electron chi connectivity index (χ4n) is 4.74. The molecule has 0 saturated carbocycles. The van der Waals surface area contributed by atoms with Crippen molar-refractivity contribution < 1.29 is 17.9 Å². The third-order valence-electron chi connectivity index (χ3n) is 6.44. The Bertz CT molecular complexity index is 1420. The van der Waals surface area contributed by atoms with Gasteiger partial charge in [-0.3, -0.25) is 4.79 Å². The first-order chi connectivity index (χ1) is 17.9. The summed E-state index contributed by atoms with van der Waals surface area (Å²) in [5.74, 6) is 0.958. The molecule has 1 saturated heterocycles. The van der Waals surface area contributed by atoms with Gasteiger partial charge in [0.25, 0.3) is 15.9 Å². The van der Waals surface area contributed by atoms with Crippen molar-refractivity contribution in [2.24, 2.45) is 11.8 Å². The van der Waals surface area contributed by atoms with Gasteiger partial charge in [0.15, 0.2) is 0 Å². The second kappa shape index (κ2) is 10.6. The zero-order valence-corrected chi connectivity index (χ0v) is 23.2. The zero-order chi connectivity index (χ0) is 27.7. The summed E-state index contributed by atoms with van der Waals surface area (Å²) >= 11 is 0. The van der Waals surface area contributed by atoms with Crippen LogP contribution in [0, 0.1) is 11.8 Å². The first kappa shape index (κ1) is 27.4. The molecule has 4 rings (SSSR count). The third-order valence-corrected chi connectivity index (χ3v) is 7.77. The normalized spacial score (nSPS) is 17.0. The maximum absolute atomic E-state index is 13.4. The second-order valence-electron chi connectivity index (χ2n) is 10.9. The van der Waals surface area contributed by atoms with E-state index in [1.165, 1.54) is 18.2 Å². The number of hydrogen-bond acceptors (Lipinski definition) is 8. The molecule has 1 atom stereocenters. The highest BCUT2D eigenvalue weighted by Crippen LogP contribution is 2.38. The Morgan fingerprint density at radius 2 is 1.97 bits per heavy atom. The minimum Gasteiger partial charge on any atom is -0.477 e. The van der Waals surface area contributed by atoms with E-state index in [1.807, 2.05) is 6.07 Å². The molecule has 0 radical (unpaired) electrons. The summed E-state index contributed by atoms with van der Waals surface area (Å²) in [6.07, 6.45) is 2.59. The van der Waals surface area contributed by atoms with Gasteiger partial charge in [-0.1, -0.05) is 26.8 Å². The van der Waals surface area contributed by atoms with E-state index in [0.29, 0.717) is 42.4 Å². The fraction of sp³-hybridized carbons (Fsp3) is 0.393. The van der Waals surface area contributed by atoms with Gasteiger partial charge >= 0.3 is 0 Å². The van der Waals surface area contributed by atoms with E-state index in [9.17, 15) is 13.2 Å². The van der Waals surface area contributed by atoms with E-state index in [4.69, 9.17) is 15.5 Å². The van der Waals surface area contributed by atoms with Gasteiger partial charge in [0, 0.05) is 35.6 Å². The van der Waals surface area contributed by atoms with Crippen molar-refractivity contribution in [1.82, 2.24) is 14.7 Å². The minimum atomic E-state index is -4.14. The predicted molar refractivity (Wildman–Crippen MR) is 149 cm³/mol. The van der Waals surface area contributed by atoms with Crippen LogP contribution in [0.1, 0.15) is 51.4 Å². The van der Waals surface area contributed by atoms with Crippen LogP contribution in [-0.2, 0) is 10.0 Å². The van der Waals surface area contributed by atoms with Crippen molar-refractivity contribution in [3.63, 3.8) is 0 Å².